The van der Waals surface area contributed by atoms with Crippen LogP contribution in [0.2, 0.25) is 5.02 Å². The molecule has 6 nitrogen and oxygen atoms in total. The summed E-state index contributed by atoms with van der Waals surface area (Å²) in [6.07, 6.45) is 3.72. The Labute approximate surface area is 202 Å². The van der Waals surface area contributed by atoms with Gasteiger partial charge in [0.15, 0.2) is 0 Å². The highest BCUT2D eigenvalue weighted by molar-refractivity contribution is 6.30. The highest BCUT2D eigenvalue weighted by Gasteiger charge is 2.67. The van der Waals surface area contributed by atoms with E-state index in [1.807, 2.05) is 6.07 Å². The Morgan fingerprint density at radius 2 is 1.76 bits per heavy atom. The number of benzene rings is 2. The van der Waals surface area contributed by atoms with Gasteiger partial charge < -0.3 is 5.11 Å². The van der Waals surface area contributed by atoms with E-state index in [1.165, 1.54) is 0 Å². The van der Waals surface area contributed by atoms with Crippen LogP contribution in [-0.2, 0) is 15.0 Å². The molecule has 3 unspecified atom stereocenters. The number of para-hydroxylation sites is 1. The minimum atomic E-state index is -1.34. The summed E-state index contributed by atoms with van der Waals surface area (Å²) in [7, 11) is 0. The molecule has 1 N–H and O–H groups in total. The Morgan fingerprint density at radius 1 is 1.03 bits per heavy atom. The second-order valence-corrected chi connectivity index (χ2v) is 9.98. The van der Waals surface area contributed by atoms with E-state index in [0.717, 1.165) is 41.4 Å². The maximum Gasteiger partial charge on any atom is 0.418 e. The summed E-state index contributed by atoms with van der Waals surface area (Å²) in [5, 5.41) is 10.5. The van der Waals surface area contributed by atoms with Crippen molar-refractivity contribution in [3.05, 3.63) is 64.7 Å². The zero-order valence-electron chi connectivity index (χ0n) is 17.9. The van der Waals surface area contributed by atoms with Gasteiger partial charge in [0.2, 0.25) is 11.8 Å². The number of piperidine rings is 1. The highest BCUT2D eigenvalue weighted by Crippen LogP contribution is 2.61. The molecule has 1 saturated carbocycles. The summed E-state index contributed by atoms with van der Waals surface area (Å²) in [5.41, 5.74) is 0.234. The van der Waals surface area contributed by atoms with Gasteiger partial charge in [0.25, 0.3) is 0 Å². The number of carbonyl (C=O) groups excluding carboxylic acids is 2. The molecule has 0 aromatic heterocycles. The van der Waals surface area contributed by atoms with Crippen LogP contribution in [0.5, 0.6) is 0 Å². The largest absolute Gasteiger partial charge is 0.464 e. The van der Waals surface area contributed by atoms with Crippen molar-refractivity contribution >= 4 is 47.0 Å². The predicted molar refractivity (Wildman–Crippen MR) is 125 cm³/mol. The number of fused-ring (bicyclic) bond motifs is 2. The van der Waals surface area contributed by atoms with Crippen molar-refractivity contribution in [1.29, 1.82) is 0 Å². The summed E-state index contributed by atoms with van der Waals surface area (Å²) in [4.78, 5) is 40.6. The van der Waals surface area contributed by atoms with Gasteiger partial charge in [-0.3, -0.25) is 9.59 Å². The van der Waals surface area contributed by atoms with Gasteiger partial charge in [-0.05, 0) is 41.2 Å². The molecule has 1 spiro atoms. The van der Waals surface area contributed by atoms with E-state index in [1.54, 1.807) is 42.5 Å². The Bertz CT molecular complexity index is 1130. The zero-order valence-corrected chi connectivity index (χ0v) is 19.4. The molecule has 33 heavy (non-hydrogen) atoms. The van der Waals surface area contributed by atoms with E-state index in [-0.39, 0.29) is 24.2 Å². The molecule has 2 aromatic carbocycles. The van der Waals surface area contributed by atoms with Gasteiger partial charge in [0, 0.05) is 23.2 Å². The van der Waals surface area contributed by atoms with Crippen LogP contribution >= 0.6 is 23.4 Å². The maximum atomic E-state index is 14.3. The molecular weight excluding hydrogens is 463 g/mol. The van der Waals surface area contributed by atoms with Crippen molar-refractivity contribution in [3.63, 3.8) is 0 Å². The second-order valence-electron chi connectivity index (χ2n) is 9.18. The minimum absolute atomic E-state index is 0.0960. The molecule has 5 rings (SSSR count). The molecule has 0 radical (unpaired) electrons. The number of halogens is 2. The normalized spacial score (nSPS) is 27.8. The molecule has 1 saturated heterocycles. The monoisotopic (exact) mass is 486 g/mol. The molecule has 2 fully saturated rings. The van der Waals surface area contributed by atoms with Gasteiger partial charge >= 0.3 is 6.09 Å². The Hall–Kier alpha value is -2.57. The van der Waals surface area contributed by atoms with E-state index in [4.69, 9.17) is 23.4 Å². The predicted octanol–water partition coefficient (Wildman–Crippen LogP) is 5.93. The Balaban J connectivity index is 1.82. The Kier molecular flexibility index (Phi) is 5.61. The molecule has 2 aliphatic heterocycles. The first-order valence-electron chi connectivity index (χ1n) is 11.3. The lowest BCUT2D eigenvalue weighted by Crippen LogP contribution is -2.60. The standard InChI is InChI=1S/C25H24Cl2N2O4/c26-17-10-6-9-16(13-17)22-25(18-11-4-5-12-20(18)28(23(25)31)24(32)33)19(14-21(30)29(22)27)15-7-2-1-3-8-15/h4-6,9-13,15,19,22H,1-3,7-8,14H2,(H,32,33). The van der Waals surface area contributed by atoms with Crippen molar-refractivity contribution in [2.75, 3.05) is 4.90 Å². The van der Waals surface area contributed by atoms with Crippen LogP contribution < -0.4 is 4.90 Å². The Morgan fingerprint density at radius 3 is 2.45 bits per heavy atom. The fourth-order valence-electron chi connectivity index (χ4n) is 6.35. The molecule has 8 heteroatoms. The number of nitrogens with zero attached hydrogens (tertiary/aromatic N) is 2. The zero-order chi connectivity index (χ0) is 23.3. The molecule has 2 aromatic rings. The van der Waals surface area contributed by atoms with Crippen LogP contribution in [0, 0.1) is 11.8 Å². The van der Waals surface area contributed by atoms with Crippen LogP contribution in [0.4, 0.5) is 10.5 Å². The molecule has 2 heterocycles. The molecule has 1 aliphatic carbocycles. The molecular formula is C25H24Cl2N2O4. The van der Waals surface area contributed by atoms with Crippen molar-refractivity contribution in [3.8, 4) is 0 Å². The third-order valence-corrected chi connectivity index (χ3v) is 8.22. The topological polar surface area (TPSA) is 77.9 Å². The third-order valence-electron chi connectivity index (χ3n) is 7.60. The molecule has 3 amide bonds. The van der Waals surface area contributed by atoms with Crippen molar-refractivity contribution in [2.45, 2.75) is 50.0 Å². The fraction of sp³-hybridized carbons (Fsp3) is 0.400. The van der Waals surface area contributed by atoms with Gasteiger partial charge in [-0.1, -0.05) is 74.0 Å². The quantitative estimate of drug-likeness (QED) is 0.533. The van der Waals surface area contributed by atoms with Gasteiger partial charge in [-0.25, -0.2) is 14.1 Å². The lowest BCUT2D eigenvalue weighted by Gasteiger charge is -2.52. The van der Waals surface area contributed by atoms with Crippen molar-refractivity contribution < 1.29 is 19.5 Å². The number of carbonyl (C=O) groups is 3. The molecule has 172 valence electrons. The summed E-state index contributed by atoms with van der Waals surface area (Å²) in [6, 6.07) is 13.1. The first kappa shape index (κ1) is 22.2. The van der Waals surface area contributed by atoms with Gasteiger partial charge in [-0.15, -0.1) is 0 Å². The van der Waals surface area contributed by atoms with Gasteiger partial charge in [0.05, 0.1) is 11.7 Å². The summed E-state index contributed by atoms with van der Waals surface area (Å²) in [5.74, 6) is -1.07. The number of hydrogen-bond donors (Lipinski definition) is 1. The third kappa shape index (κ3) is 3.26. The van der Waals surface area contributed by atoms with E-state index < -0.39 is 23.5 Å². The van der Waals surface area contributed by atoms with Crippen molar-refractivity contribution in [2.24, 2.45) is 11.8 Å². The van der Waals surface area contributed by atoms with Crippen LogP contribution in [0.25, 0.3) is 0 Å². The average Bonchev–Trinajstić information content (AvgIpc) is 3.06. The smallest absolute Gasteiger partial charge is 0.418 e. The van der Waals surface area contributed by atoms with E-state index in [2.05, 4.69) is 0 Å². The first-order valence-corrected chi connectivity index (χ1v) is 12.0. The number of anilines is 1. The number of rotatable bonds is 2. The average molecular weight is 487 g/mol. The minimum Gasteiger partial charge on any atom is -0.464 e. The summed E-state index contributed by atoms with van der Waals surface area (Å²) >= 11 is 13.0. The van der Waals surface area contributed by atoms with Crippen molar-refractivity contribution in [1.82, 2.24) is 4.42 Å². The van der Waals surface area contributed by atoms with Crippen LogP contribution in [0.1, 0.15) is 55.7 Å². The summed E-state index contributed by atoms with van der Waals surface area (Å²) < 4.78 is 1.10. The first-order chi connectivity index (χ1) is 15.9. The fourth-order valence-corrected chi connectivity index (χ4v) is 6.88. The van der Waals surface area contributed by atoms with E-state index >= 15 is 0 Å². The van der Waals surface area contributed by atoms with E-state index in [9.17, 15) is 19.5 Å². The lowest BCUT2D eigenvalue weighted by molar-refractivity contribution is -0.144. The van der Waals surface area contributed by atoms with Crippen LogP contribution in [0.3, 0.4) is 0 Å². The molecule has 3 aliphatic rings. The number of imide groups is 1. The lowest BCUT2D eigenvalue weighted by atomic mass is 9.56. The molecule has 0 bridgehead atoms. The highest BCUT2D eigenvalue weighted by atomic mass is 35.5. The second kappa shape index (κ2) is 8.33. The van der Waals surface area contributed by atoms with Crippen LogP contribution in [0.15, 0.2) is 48.5 Å². The summed E-state index contributed by atoms with van der Waals surface area (Å²) in [6.45, 7) is 0. The molecule has 3 atom stereocenters. The SMILES string of the molecule is O=C(O)N1C(=O)C2(c3ccccc31)C(C1CCCCC1)CC(=O)N(Cl)C2c1cccc(Cl)c1. The number of carboxylic acid groups (broad SMARTS) is 1. The number of hydrogen-bond acceptors (Lipinski definition) is 3. The van der Waals surface area contributed by atoms with Crippen LogP contribution in [-0.4, -0.2) is 27.4 Å². The van der Waals surface area contributed by atoms with Gasteiger partial charge in [0.1, 0.15) is 5.41 Å². The maximum absolute atomic E-state index is 14.3. The van der Waals surface area contributed by atoms with E-state index in [0.29, 0.717) is 21.8 Å². The number of amides is 3. The van der Waals surface area contributed by atoms with Gasteiger partial charge in [-0.2, -0.15) is 0 Å².